The number of carboxylic acid groups (broad SMARTS) is 1. The topological polar surface area (TPSA) is 97.5 Å². The summed E-state index contributed by atoms with van der Waals surface area (Å²) in [6.07, 6.45) is 11.5. The maximum Gasteiger partial charge on any atom is 0.303 e. The van der Waals surface area contributed by atoms with Crippen LogP contribution in [0.3, 0.4) is 0 Å². The van der Waals surface area contributed by atoms with Gasteiger partial charge in [-0.2, -0.15) is 5.10 Å². The van der Waals surface area contributed by atoms with E-state index in [1.807, 2.05) is 34.8 Å². The first kappa shape index (κ1) is 30.8. The van der Waals surface area contributed by atoms with Crippen molar-refractivity contribution in [3.8, 4) is 16.9 Å². The maximum atomic E-state index is 14.2. The number of hydrogen-bond donors (Lipinski definition) is 1. The highest BCUT2D eigenvalue weighted by Crippen LogP contribution is 2.39. The molecule has 2 aromatic heterocycles. The average Bonchev–Trinajstić information content (AvgIpc) is 3.51. The number of benzene rings is 1. The molecule has 2 fully saturated rings. The van der Waals surface area contributed by atoms with Crippen molar-refractivity contribution >= 4 is 17.6 Å². The van der Waals surface area contributed by atoms with Gasteiger partial charge in [0.25, 0.3) is 0 Å². The number of aromatic nitrogens is 3. The van der Waals surface area contributed by atoms with Crippen LogP contribution in [0.4, 0.5) is 5.69 Å². The van der Waals surface area contributed by atoms with Crippen LogP contribution in [0.2, 0.25) is 0 Å². The van der Waals surface area contributed by atoms with Gasteiger partial charge in [-0.25, -0.2) is 0 Å². The molecule has 2 heterocycles. The summed E-state index contributed by atoms with van der Waals surface area (Å²) in [5.41, 5.74) is 5.09. The molecule has 2 aliphatic rings. The number of methoxy groups -OCH3 is 1. The van der Waals surface area contributed by atoms with Crippen molar-refractivity contribution in [2.75, 3.05) is 18.6 Å². The highest BCUT2D eigenvalue weighted by molar-refractivity contribution is 5.95. The minimum atomic E-state index is -0.746. The third-order valence-corrected chi connectivity index (χ3v) is 9.53. The van der Waals surface area contributed by atoms with Gasteiger partial charge in [0.05, 0.1) is 19.0 Å². The van der Waals surface area contributed by atoms with Crippen LogP contribution in [0.15, 0.2) is 48.8 Å². The summed E-state index contributed by atoms with van der Waals surface area (Å²) in [6, 6.07) is 12.7. The van der Waals surface area contributed by atoms with E-state index in [1.54, 1.807) is 7.11 Å². The summed E-state index contributed by atoms with van der Waals surface area (Å²) in [5, 5.41) is 13.8. The van der Waals surface area contributed by atoms with Gasteiger partial charge in [0.1, 0.15) is 5.75 Å². The quantitative estimate of drug-likeness (QED) is 0.265. The average molecular weight is 587 g/mol. The predicted molar refractivity (Wildman–Crippen MR) is 168 cm³/mol. The Hall–Kier alpha value is -3.68. The second-order valence-electron chi connectivity index (χ2n) is 12.9. The van der Waals surface area contributed by atoms with Crippen molar-refractivity contribution in [1.29, 1.82) is 0 Å². The van der Waals surface area contributed by atoms with E-state index in [1.165, 1.54) is 0 Å². The Morgan fingerprint density at radius 2 is 1.72 bits per heavy atom. The molecule has 8 heteroatoms. The van der Waals surface area contributed by atoms with Gasteiger partial charge in [-0.1, -0.05) is 12.1 Å². The van der Waals surface area contributed by atoms with Crippen molar-refractivity contribution in [1.82, 2.24) is 14.8 Å². The number of ether oxygens (including phenoxy) is 1. The standard InChI is InChI=1S/C35H46N4O4/c1-23(2)39-22-30(20-36-39)29-6-5-7-31(19-29)38(35(42)28-14-8-25(9-15-28)18-34(40)41)21-26-10-12-27(13-11-26)32-16-17-33(43-4)24(3)37-32/h5-7,16-17,19-20,22-23,25-28H,8-15,18,21H2,1-4H3,(H,40,41). The van der Waals surface area contributed by atoms with Gasteiger partial charge >= 0.3 is 5.97 Å². The zero-order chi connectivity index (χ0) is 30.5. The molecule has 0 bridgehead atoms. The molecule has 1 N–H and O–H groups in total. The lowest BCUT2D eigenvalue weighted by Gasteiger charge is -2.36. The van der Waals surface area contributed by atoms with Crippen LogP contribution in [-0.4, -0.2) is 45.4 Å². The largest absolute Gasteiger partial charge is 0.495 e. The maximum absolute atomic E-state index is 14.2. The van der Waals surface area contributed by atoms with E-state index in [4.69, 9.17) is 9.72 Å². The number of anilines is 1. The van der Waals surface area contributed by atoms with Crippen LogP contribution in [0.5, 0.6) is 5.75 Å². The van der Waals surface area contributed by atoms with E-state index in [2.05, 4.69) is 49.4 Å². The Labute approximate surface area is 255 Å². The lowest BCUT2D eigenvalue weighted by atomic mass is 9.78. The molecule has 0 radical (unpaired) electrons. The fraction of sp³-hybridized carbons (Fsp3) is 0.543. The molecular formula is C35H46N4O4. The minimum Gasteiger partial charge on any atom is -0.495 e. The Morgan fingerprint density at radius 3 is 2.35 bits per heavy atom. The predicted octanol–water partition coefficient (Wildman–Crippen LogP) is 7.43. The fourth-order valence-corrected chi connectivity index (χ4v) is 6.94. The lowest BCUT2D eigenvalue weighted by Crippen LogP contribution is -2.41. The number of nitrogens with zero attached hydrogens (tertiary/aromatic N) is 4. The van der Waals surface area contributed by atoms with Gasteiger partial charge < -0.3 is 14.7 Å². The van der Waals surface area contributed by atoms with Crippen molar-refractivity contribution in [2.45, 2.75) is 90.5 Å². The molecule has 8 nitrogen and oxygen atoms in total. The second kappa shape index (κ2) is 13.7. The van der Waals surface area contributed by atoms with E-state index < -0.39 is 5.97 Å². The third kappa shape index (κ3) is 7.46. The lowest BCUT2D eigenvalue weighted by molar-refractivity contribution is -0.138. The van der Waals surface area contributed by atoms with Gasteiger partial charge in [0.2, 0.25) is 5.91 Å². The summed E-state index contributed by atoms with van der Waals surface area (Å²) >= 11 is 0. The first-order valence-corrected chi connectivity index (χ1v) is 15.9. The molecule has 3 aromatic rings. The number of rotatable bonds is 10. The number of amides is 1. The molecule has 0 aliphatic heterocycles. The van der Waals surface area contributed by atoms with E-state index in [9.17, 15) is 14.7 Å². The molecule has 1 aromatic carbocycles. The summed E-state index contributed by atoms with van der Waals surface area (Å²) in [5.74, 6) is 1.19. The molecule has 43 heavy (non-hydrogen) atoms. The number of hydrogen-bond acceptors (Lipinski definition) is 5. The molecule has 0 atom stereocenters. The Kier molecular flexibility index (Phi) is 9.83. The number of carbonyl (C=O) groups is 2. The summed E-state index contributed by atoms with van der Waals surface area (Å²) in [6.45, 7) is 6.91. The Bertz CT molecular complexity index is 1400. The van der Waals surface area contributed by atoms with Gasteiger partial charge in [-0.3, -0.25) is 19.3 Å². The molecule has 1 amide bonds. The number of pyridine rings is 1. The van der Waals surface area contributed by atoms with Crippen LogP contribution in [-0.2, 0) is 9.59 Å². The molecule has 0 unspecified atom stereocenters. The van der Waals surface area contributed by atoms with Crippen LogP contribution in [0.1, 0.15) is 95.0 Å². The van der Waals surface area contributed by atoms with Crippen LogP contribution in [0, 0.1) is 24.7 Å². The van der Waals surface area contributed by atoms with E-state index in [-0.39, 0.29) is 30.2 Å². The number of aryl methyl sites for hydroxylation is 1. The van der Waals surface area contributed by atoms with Crippen molar-refractivity contribution in [3.05, 3.63) is 60.2 Å². The molecular weight excluding hydrogens is 540 g/mol. The smallest absolute Gasteiger partial charge is 0.303 e. The van der Waals surface area contributed by atoms with Crippen LogP contribution >= 0.6 is 0 Å². The zero-order valence-corrected chi connectivity index (χ0v) is 26.0. The van der Waals surface area contributed by atoms with E-state index in [0.717, 1.165) is 85.3 Å². The monoisotopic (exact) mass is 586 g/mol. The highest BCUT2D eigenvalue weighted by Gasteiger charge is 2.33. The number of aliphatic carboxylic acids is 1. The zero-order valence-electron chi connectivity index (χ0n) is 26.0. The summed E-state index contributed by atoms with van der Waals surface area (Å²) < 4.78 is 7.36. The van der Waals surface area contributed by atoms with Gasteiger partial charge in [0, 0.05) is 54.0 Å². The first-order chi connectivity index (χ1) is 20.7. The Morgan fingerprint density at radius 1 is 1.00 bits per heavy atom. The first-order valence-electron chi connectivity index (χ1n) is 15.9. The Balaban J connectivity index is 1.33. The van der Waals surface area contributed by atoms with E-state index in [0.29, 0.717) is 18.4 Å². The van der Waals surface area contributed by atoms with Gasteiger partial charge in [0.15, 0.2) is 0 Å². The molecule has 5 rings (SSSR count). The van der Waals surface area contributed by atoms with Gasteiger partial charge in [-0.15, -0.1) is 0 Å². The van der Waals surface area contributed by atoms with Crippen LogP contribution in [0.25, 0.3) is 11.1 Å². The normalized spacial score (nSPS) is 22.3. The van der Waals surface area contributed by atoms with Crippen LogP contribution < -0.4 is 9.64 Å². The second-order valence-corrected chi connectivity index (χ2v) is 12.9. The van der Waals surface area contributed by atoms with Gasteiger partial charge in [-0.05, 0) is 114 Å². The highest BCUT2D eigenvalue weighted by atomic mass is 16.5. The molecule has 0 saturated heterocycles. The molecule has 2 aliphatic carbocycles. The van der Waals surface area contributed by atoms with E-state index >= 15 is 0 Å². The molecule has 2 saturated carbocycles. The van der Waals surface area contributed by atoms with Crippen molar-refractivity contribution < 1.29 is 19.4 Å². The van der Waals surface area contributed by atoms with Crippen molar-refractivity contribution in [3.63, 3.8) is 0 Å². The molecule has 0 spiro atoms. The number of carboxylic acids is 1. The molecule has 230 valence electrons. The fourth-order valence-electron chi connectivity index (χ4n) is 6.94. The summed E-state index contributed by atoms with van der Waals surface area (Å²) in [4.78, 5) is 32.3. The number of carbonyl (C=O) groups excluding carboxylic acids is 1. The minimum absolute atomic E-state index is 0.0693. The summed E-state index contributed by atoms with van der Waals surface area (Å²) in [7, 11) is 1.68. The SMILES string of the molecule is COc1ccc(C2CCC(CN(C(=O)C3CCC(CC(=O)O)CC3)c3cccc(-c4cnn(C(C)C)c4)c3)CC2)nc1C. The third-order valence-electron chi connectivity index (χ3n) is 9.53. The van der Waals surface area contributed by atoms with Crippen molar-refractivity contribution in [2.24, 2.45) is 17.8 Å².